The molecule has 1 aromatic rings. The smallest absolute Gasteiger partial charge is 0.462 e. The molecule has 0 spiro atoms. The van der Waals surface area contributed by atoms with Crippen LogP contribution in [0.2, 0.25) is 0 Å². The van der Waals surface area contributed by atoms with Gasteiger partial charge in [0.15, 0.2) is 0 Å². The Morgan fingerprint density at radius 1 is 0.742 bits per heavy atom. The summed E-state index contributed by atoms with van der Waals surface area (Å²) in [5.74, 6) is -3.07. The Hall–Kier alpha value is -3.64. The molecule has 0 unspecified atom stereocenters. The minimum Gasteiger partial charge on any atom is -0.462 e. The van der Waals surface area contributed by atoms with E-state index in [1.54, 1.807) is 0 Å². The fraction of sp³-hybridized carbons (Fsp3) is 0.792. The van der Waals surface area contributed by atoms with Crippen LogP contribution in [0.1, 0.15) is 194 Å². The highest BCUT2D eigenvalue weighted by atomic mass is 19.4. The molecule has 0 radical (unpaired) electrons. The third-order valence-electron chi connectivity index (χ3n) is 16.6. The average molecular weight is 932 g/mol. The summed E-state index contributed by atoms with van der Waals surface area (Å²) < 4.78 is 61.1. The van der Waals surface area contributed by atoms with Gasteiger partial charge in [-0.3, -0.25) is 14.4 Å². The summed E-state index contributed by atoms with van der Waals surface area (Å²) in [4.78, 5) is 66.6. The van der Waals surface area contributed by atoms with Crippen molar-refractivity contribution in [1.82, 2.24) is 4.90 Å². The molecule has 4 aliphatic carbocycles. The second-order valence-corrected chi connectivity index (χ2v) is 20.9. The Bertz CT molecular complexity index is 1750. The quantitative estimate of drug-likeness (QED) is 0.0456. The number of amides is 1. The van der Waals surface area contributed by atoms with E-state index >= 15 is 0 Å². The third kappa shape index (κ3) is 13.3. The number of halogens is 3. The number of carbonyl (C=O) groups is 5. The topological polar surface area (TPSA) is 126 Å². The first kappa shape index (κ1) is 53.3. The molecule has 4 fully saturated rings. The molecule has 1 aromatic carbocycles. The Balaban J connectivity index is 1.28. The predicted molar refractivity (Wildman–Crippen MR) is 246 cm³/mol. The van der Waals surface area contributed by atoms with Crippen molar-refractivity contribution in [3.05, 3.63) is 29.8 Å². The normalized spacial score (nSPS) is 29.7. The van der Waals surface area contributed by atoms with Crippen molar-refractivity contribution in [3.8, 4) is 5.75 Å². The van der Waals surface area contributed by atoms with E-state index in [0.717, 1.165) is 76.6 Å². The maximum Gasteiger partial charge on any atom is 0.491 e. The van der Waals surface area contributed by atoms with E-state index in [2.05, 4.69) is 44.3 Å². The Morgan fingerprint density at radius 2 is 1.33 bits per heavy atom. The van der Waals surface area contributed by atoms with Gasteiger partial charge in [0.2, 0.25) is 5.91 Å². The number of nitrogens with zero attached hydrogens (tertiary/aromatic N) is 1. The summed E-state index contributed by atoms with van der Waals surface area (Å²) in [6.07, 6.45) is 14.1. The van der Waals surface area contributed by atoms with E-state index in [1.165, 1.54) is 77.3 Å². The van der Waals surface area contributed by atoms with E-state index in [9.17, 15) is 37.1 Å². The highest BCUT2D eigenvalue weighted by Gasteiger charge is 2.67. The van der Waals surface area contributed by atoms with E-state index in [0.29, 0.717) is 32.1 Å². The van der Waals surface area contributed by atoms with Crippen molar-refractivity contribution >= 4 is 29.8 Å². The molecule has 0 aromatic heterocycles. The van der Waals surface area contributed by atoms with Crippen LogP contribution in [0.25, 0.3) is 0 Å². The maximum atomic E-state index is 14.0. The highest BCUT2D eigenvalue weighted by molar-refractivity contribution is 5.89. The van der Waals surface area contributed by atoms with Gasteiger partial charge in [0.1, 0.15) is 24.1 Å². The first-order valence-electron chi connectivity index (χ1n) is 25.6. The van der Waals surface area contributed by atoms with Gasteiger partial charge in [0.25, 0.3) is 0 Å². The number of carbonyl (C=O) groups excluding carboxylic acids is 5. The van der Waals surface area contributed by atoms with E-state index in [-0.39, 0.29) is 87.7 Å². The summed E-state index contributed by atoms with van der Waals surface area (Å²) in [7, 11) is 0. The van der Waals surface area contributed by atoms with Crippen molar-refractivity contribution < 1.29 is 56.1 Å². The fourth-order valence-corrected chi connectivity index (χ4v) is 13.2. The first-order valence-corrected chi connectivity index (χ1v) is 25.6. The van der Waals surface area contributed by atoms with E-state index in [4.69, 9.17) is 14.2 Å². The van der Waals surface area contributed by atoms with Gasteiger partial charge in [-0.2, -0.15) is 13.2 Å². The van der Waals surface area contributed by atoms with Gasteiger partial charge in [-0.15, -0.1) is 0 Å². The van der Waals surface area contributed by atoms with Crippen molar-refractivity contribution in [2.24, 2.45) is 46.3 Å². The zero-order chi connectivity index (χ0) is 48.2. The number of alkyl halides is 3. The van der Waals surface area contributed by atoms with Gasteiger partial charge in [0, 0.05) is 44.7 Å². The number of hydrogen-bond donors (Lipinski definition) is 0. The second-order valence-electron chi connectivity index (χ2n) is 20.9. The number of hydrogen-bond acceptors (Lipinski definition) is 9. The number of rotatable bonds is 23. The zero-order valence-corrected chi connectivity index (χ0v) is 41.0. The van der Waals surface area contributed by atoms with Crippen molar-refractivity contribution in [3.63, 3.8) is 0 Å². The molecule has 13 heteroatoms. The van der Waals surface area contributed by atoms with Gasteiger partial charge in [-0.1, -0.05) is 98.8 Å². The summed E-state index contributed by atoms with van der Waals surface area (Å²) in [6.45, 7) is 15.9. The number of ether oxygens (including phenoxy) is 4. The lowest BCUT2D eigenvalue weighted by Gasteiger charge is -2.64. The molecule has 0 bridgehead atoms. The van der Waals surface area contributed by atoms with Crippen LogP contribution in [0, 0.1) is 46.3 Å². The molecule has 1 amide bonds. The molecule has 0 heterocycles. The molecule has 0 saturated heterocycles. The number of fused-ring (bicyclic) bond motifs is 5. The monoisotopic (exact) mass is 932 g/mol. The zero-order valence-electron chi connectivity index (χ0n) is 41.0. The van der Waals surface area contributed by atoms with Gasteiger partial charge < -0.3 is 23.8 Å². The number of benzene rings is 1. The van der Waals surface area contributed by atoms with Gasteiger partial charge >= 0.3 is 30.1 Å². The lowest BCUT2D eigenvalue weighted by molar-refractivity contribution is -0.223. The summed E-state index contributed by atoms with van der Waals surface area (Å²) in [5.41, 5.74) is -0.499. The van der Waals surface area contributed by atoms with Crippen molar-refractivity contribution in [1.29, 1.82) is 0 Å². The van der Waals surface area contributed by atoms with Crippen molar-refractivity contribution in [2.75, 3.05) is 13.1 Å². The SMILES string of the molecule is CCCCCCCCN(CCCCCCCC)C(=O)CC[C@@H](C)[C@H]1CC[C@H]2[C@@H]3[C@H](OC(C)=O)C[C@@H]4C[C@H](OC(=O)c5ccc(OC(=O)C(F)(F)F)cc5)CC[C@]4(C)[C@H]3C[C@H](OC(C)=O)[C@]12C. The molecule has 0 N–H and O–H groups in total. The minimum atomic E-state index is -5.15. The van der Waals surface area contributed by atoms with Crippen LogP contribution < -0.4 is 4.74 Å². The predicted octanol–water partition coefficient (Wildman–Crippen LogP) is 12.4. The Morgan fingerprint density at radius 3 is 1.91 bits per heavy atom. The largest absolute Gasteiger partial charge is 0.491 e. The van der Waals surface area contributed by atoms with Crippen LogP contribution in [0.3, 0.4) is 0 Å². The molecule has 0 aliphatic heterocycles. The number of unbranched alkanes of at least 4 members (excludes halogenated alkanes) is 10. The molecular formula is C53H80F3NO9. The highest BCUT2D eigenvalue weighted by Crippen LogP contribution is 2.69. The van der Waals surface area contributed by atoms with Gasteiger partial charge in [0.05, 0.1) is 5.56 Å². The van der Waals surface area contributed by atoms with E-state index < -0.39 is 24.2 Å². The van der Waals surface area contributed by atoms with E-state index in [1.807, 2.05) is 0 Å². The minimum absolute atomic E-state index is 0.0268. The molecule has 11 atom stereocenters. The lowest BCUT2D eigenvalue weighted by atomic mass is 9.43. The first-order chi connectivity index (χ1) is 31.3. The van der Waals surface area contributed by atoms with Gasteiger partial charge in [-0.05, 0) is 123 Å². The maximum absolute atomic E-state index is 14.0. The summed E-state index contributed by atoms with van der Waals surface area (Å²) >= 11 is 0. The lowest BCUT2D eigenvalue weighted by Crippen LogP contribution is -2.63. The number of esters is 4. The average Bonchev–Trinajstić information content (AvgIpc) is 3.62. The van der Waals surface area contributed by atoms with Crippen LogP contribution in [0.4, 0.5) is 13.2 Å². The van der Waals surface area contributed by atoms with Crippen LogP contribution in [0.15, 0.2) is 24.3 Å². The molecular weight excluding hydrogens is 852 g/mol. The molecule has 66 heavy (non-hydrogen) atoms. The Kier molecular flexibility index (Phi) is 19.4. The molecule has 10 nitrogen and oxygen atoms in total. The summed E-state index contributed by atoms with van der Waals surface area (Å²) in [6, 6.07) is 4.77. The molecule has 4 saturated carbocycles. The van der Waals surface area contributed by atoms with Crippen LogP contribution in [-0.4, -0.2) is 72.3 Å². The fourth-order valence-electron chi connectivity index (χ4n) is 13.2. The molecule has 4 aliphatic rings. The molecule has 372 valence electrons. The Labute approximate surface area is 392 Å². The summed E-state index contributed by atoms with van der Waals surface area (Å²) in [5, 5.41) is 0. The van der Waals surface area contributed by atoms with Crippen LogP contribution in [0.5, 0.6) is 5.75 Å². The van der Waals surface area contributed by atoms with Crippen LogP contribution >= 0.6 is 0 Å². The molecule has 5 rings (SSSR count). The second kappa shape index (κ2) is 24.1. The standard InChI is InChI=1S/C53H80F3NO9/c1-8-10-12-14-16-18-30-57(31-19-17-15-13-11-9-2)47(60)27-20-35(3)42-25-26-43-48-44(34-46(52(42,43)7)64-37(5)59)51(6)29-28-41(32-39(51)33-45(48)63-36(4)58)65-49(61)38-21-23-40(24-22-38)66-50(62)53(54,55)56/h21-24,35,39,41-46,48H,8-20,25-34H2,1-7H3/t35-,39+,41-,42-,43+,44+,45-,46+,48+,51+,52-/m1/s1. The van der Waals surface area contributed by atoms with Crippen molar-refractivity contribution in [2.45, 2.75) is 208 Å². The third-order valence-corrected chi connectivity index (χ3v) is 16.6. The van der Waals surface area contributed by atoms with Crippen LogP contribution in [-0.2, 0) is 33.4 Å². The van der Waals surface area contributed by atoms with Gasteiger partial charge in [-0.25, -0.2) is 9.59 Å².